The van der Waals surface area contributed by atoms with E-state index in [-0.39, 0.29) is 6.61 Å². The van der Waals surface area contributed by atoms with Gasteiger partial charge in [0, 0.05) is 0 Å². The topological polar surface area (TPSA) is 52.6 Å². The average Bonchev–Trinajstić information content (AvgIpc) is 2.30. The Morgan fingerprint density at radius 3 is 2.44 bits per heavy atom. The summed E-state index contributed by atoms with van der Waals surface area (Å²) in [6, 6.07) is 8.50. The Labute approximate surface area is 94.2 Å². The molecular formula is C12H14O4. The molecule has 0 aliphatic rings. The van der Waals surface area contributed by atoms with Crippen molar-refractivity contribution >= 4 is 11.9 Å². The van der Waals surface area contributed by atoms with Gasteiger partial charge in [0.05, 0.1) is 12.2 Å². The Bertz CT molecular complexity index is 359. The third kappa shape index (κ3) is 3.38. The minimum atomic E-state index is -0.882. The van der Waals surface area contributed by atoms with Gasteiger partial charge in [-0.25, -0.2) is 9.59 Å². The van der Waals surface area contributed by atoms with Gasteiger partial charge < -0.3 is 9.47 Å². The van der Waals surface area contributed by atoms with Crippen LogP contribution in [0.4, 0.5) is 0 Å². The van der Waals surface area contributed by atoms with Gasteiger partial charge in [-0.1, -0.05) is 18.2 Å². The molecule has 4 nitrogen and oxygen atoms in total. The first-order valence-electron chi connectivity index (χ1n) is 5.07. The zero-order chi connectivity index (χ0) is 12.0. The van der Waals surface area contributed by atoms with Crippen LogP contribution >= 0.6 is 0 Å². The van der Waals surface area contributed by atoms with Gasteiger partial charge in [-0.3, -0.25) is 0 Å². The molecule has 0 fully saturated rings. The van der Waals surface area contributed by atoms with Gasteiger partial charge in [0.2, 0.25) is 0 Å². The number of esters is 2. The van der Waals surface area contributed by atoms with Crippen LogP contribution in [-0.2, 0) is 14.3 Å². The molecule has 0 aliphatic heterocycles. The summed E-state index contributed by atoms with van der Waals surface area (Å²) in [6.07, 6.45) is -0.882. The van der Waals surface area contributed by atoms with Crippen molar-refractivity contribution in [3.63, 3.8) is 0 Å². The van der Waals surface area contributed by atoms with Crippen molar-refractivity contribution in [3.05, 3.63) is 35.9 Å². The molecule has 0 saturated carbocycles. The summed E-state index contributed by atoms with van der Waals surface area (Å²) in [6.45, 7) is 3.45. The van der Waals surface area contributed by atoms with E-state index in [1.54, 1.807) is 37.3 Å². The maximum absolute atomic E-state index is 11.5. The van der Waals surface area contributed by atoms with Crippen LogP contribution in [0, 0.1) is 0 Å². The molecule has 1 rings (SSSR count). The quantitative estimate of drug-likeness (QED) is 0.729. The Hall–Kier alpha value is -1.84. The highest BCUT2D eigenvalue weighted by molar-refractivity contribution is 5.91. The predicted molar refractivity (Wildman–Crippen MR) is 58.0 cm³/mol. The second kappa shape index (κ2) is 5.90. The van der Waals surface area contributed by atoms with Crippen LogP contribution < -0.4 is 0 Å². The SMILES string of the molecule is CCOC(=O)[C@H](C)OC(=O)c1ccccc1. The maximum Gasteiger partial charge on any atom is 0.347 e. The summed E-state index contributed by atoms with van der Waals surface area (Å²) >= 11 is 0. The van der Waals surface area contributed by atoms with Gasteiger partial charge in [0.25, 0.3) is 0 Å². The number of carbonyl (C=O) groups is 2. The molecule has 0 amide bonds. The normalized spacial score (nSPS) is 11.6. The van der Waals surface area contributed by atoms with E-state index in [2.05, 4.69) is 0 Å². The standard InChI is InChI=1S/C12H14O4/c1-3-15-11(13)9(2)16-12(14)10-7-5-4-6-8-10/h4-9H,3H2,1-2H3/t9-/m0/s1. The molecule has 1 aromatic rings. The Morgan fingerprint density at radius 1 is 1.25 bits per heavy atom. The molecular weight excluding hydrogens is 208 g/mol. The van der Waals surface area contributed by atoms with Crippen LogP contribution in [0.1, 0.15) is 24.2 Å². The molecule has 0 heterocycles. The molecule has 0 aromatic heterocycles. The van der Waals surface area contributed by atoms with E-state index < -0.39 is 18.0 Å². The van der Waals surface area contributed by atoms with Crippen LogP contribution in [-0.4, -0.2) is 24.6 Å². The maximum atomic E-state index is 11.5. The molecule has 1 atom stereocenters. The lowest BCUT2D eigenvalue weighted by Gasteiger charge is -2.11. The zero-order valence-electron chi connectivity index (χ0n) is 9.30. The van der Waals surface area contributed by atoms with Crippen molar-refractivity contribution in [2.75, 3.05) is 6.61 Å². The lowest BCUT2D eigenvalue weighted by Crippen LogP contribution is -2.26. The molecule has 0 aliphatic carbocycles. The molecule has 86 valence electrons. The second-order valence-corrected chi connectivity index (χ2v) is 3.17. The number of hydrogen-bond acceptors (Lipinski definition) is 4. The average molecular weight is 222 g/mol. The van der Waals surface area contributed by atoms with Crippen molar-refractivity contribution in [1.82, 2.24) is 0 Å². The second-order valence-electron chi connectivity index (χ2n) is 3.17. The van der Waals surface area contributed by atoms with Crippen LogP contribution in [0.15, 0.2) is 30.3 Å². The van der Waals surface area contributed by atoms with Gasteiger partial charge in [-0.15, -0.1) is 0 Å². The lowest BCUT2D eigenvalue weighted by molar-refractivity contribution is -0.152. The highest BCUT2D eigenvalue weighted by Crippen LogP contribution is 2.04. The molecule has 1 aromatic carbocycles. The van der Waals surface area contributed by atoms with Crippen LogP contribution in [0.2, 0.25) is 0 Å². The molecule has 0 N–H and O–H groups in total. The first-order valence-corrected chi connectivity index (χ1v) is 5.07. The third-order valence-electron chi connectivity index (χ3n) is 1.91. The molecule has 0 bridgehead atoms. The number of benzene rings is 1. The van der Waals surface area contributed by atoms with Gasteiger partial charge in [-0.2, -0.15) is 0 Å². The fourth-order valence-electron chi connectivity index (χ4n) is 1.11. The van der Waals surface area contributed by atoms with E-state index in [0.29, 0.717) is 5.56 Å². The molecule has 0 spiro atoms. The van der Waals surface area contributed by atoms with Gasteiger partial charge in [-0.05, 0) is 26.0 Å². The molecule has 0 saturated heterocycles. The largest absolute Gasteiger partial charge is 0.463 e. The van der Waals surface area contributed by atoms with Crippen molar-refractivity contribution in [1.29, 1.82) is 0 Å². The van der Waals surface area contributed by atoms with E-state index in [1.807, 2.05) is 0 Å². The van der Waals surface area contributed by atoms with Gasteiger partial charge in [0.1, 0.15) is 0 Å². The minimum absolute atomic E-state index is 0.270. The predicted octanol–water partition coefficient (Wildman–Crippen LogP) is 1.79. The minimum Gasteiger partial charge on any atom is -0.463 e. The summed E-state index contributed by atoms with van der Waals surface area (Å²) in [7, 11) is 0. The number of carbonyl (C=O) groups excluding carboxylic acids is 2. The summed E-state index contributed by atoms with van der Waals surface area (Å²) < 4.78 is 9.66. The Morgan fingerprint density at radius 2 is 1.88 bits per heavy atom. The van der Waals surface area contributed by atoms with Crippen molar-refractivity contribution in [2.45, 2.75) is 20.0 Å². The Kier molecular flexibility index (Phi) is 4.51. The van der Waals surface area contributed by atoms with E-state index in [0.717, 1.165) is 0 Å². The number of rotatable bonds is 4. The zero-order valence-corrected chi connectivity index (χ0v) is 9.30. The fraction of sp³-hybridized carbons (Fsp3) is 0.333. The van der Waals surface area contributed by atoms with Crippen LogP contribution in [0.25, 0.3) is 0 Å². The highest BCUT2D eigenvalue weighted by atomic mass is 16.6. The molecule has 4 heteroatoms. The van der Waals surface area contributed by atoms with E-state index >= 15 is 0 Å². The van der Waals surface area contributed by atoms with Crippen LogP contribution in [0.5, 0.6) is 0 Å². The monoisotopic (exact) mass is 222 g/mol. The molecule has 0 radical (unpaired) electrons. The summed E-state index contributed by atoms with van der Waals surface area (Å²) in [5.74, 6) is -1.06. The lowest BCUT2D eigenvalue weighted by atomic mass is 10.2. The summed E-state index contributed by atoms with van der Waals surface area (Å²) in [5, 5.41) is 0. The molecule has 16 heavy (non-hydrogen) atoms. The van der Waals surface area contributed by atoms with Crippen molar-refractivity contribution in [3.8, 4) is 0 Å². The smallest absolute Gasteiger partial charge is 0.347 e. The summed E-state index contributed by atoms with van der Waals surface area (Å²) in [4.78, 5) is 22.7. The Balaban J connectivity index is 2.55. The van der Waals surface area contributed by atoms with E-state index in [4.69, 9.17) is 9.47 Å². The van der Waals surface area contributed by atoms with Crippen molar-refractivity contribution < 1.29 is 19.1 Å². The number of hydrogen-bond donors (Lipinski definition) is 0. The summed E-state index contributed by atoms with van der Waals surface area (Å²) in [5.41, 5.74) is 0.415. The van der Waals surface area contributed by atoms with Crippen molar-refractivity contribution in [2.24, 2.45) is 0 Å². The first kappa shape index (κ1) is 12.2. The third-order valence-corrected chi connectivity index (χ3v) is 1.91. The van der Waals surface area contributed by atoms with E-state index in [9.17, 15) is 9.59 Å². The van der Waals surface area contributed by atoms with Gasteiger partial charge >= 0.3 is 11.9 Å². The number of ether oxygens (including phenoxy) is 2. The first-order chi connectivity index (χ1) is 7.65. The molecule has 0 unspecified atom stereocenters. The fourth-order valence-corrected chi connectivity index (χ4v) is 1.11. The highest BCUT2D eigenvalue weighted by Gasteiger charge is 2.19. The van der Waals surface area contributed by atoms with Crippen LogP contribution in [0.3, 0.4) is 0 Å². The van der Waals surface area contributed by atoms with E-state index in [1.165, 1.54) is 6.92 Å². The van der Waals surface area contributed by atoms with Gasteiger partial charge in [0.15, 0.2) is 6.10 Å².